The first-order valence-electron chi connectivity index (χ1n) is 7.55. The van der Waals surface area contributed by atoms with Gasteiger partial charge < -0.3 is 9.73 Å². The number of halogens is 1. The zero-order valence-corrected chi connectivity index (χ0v) is 13.7. The number of pyridine rings is 1. The first kappa shape index (κ1) is 15.4. The van der Waals surface area contributed by atoms with Crippen molar-refractivity contribution in [2.75, 3.05) is 0 Å². The molecule has 1 amide bonds. The molecule has 4 aromatic rings. The number of furan rings is 1. The summed E-state index contributed by atoms with van der Waals surface area (Å²) >= 11 is 5.96. The average molecular weight is 354 g/mol. The minimum absolute atomic E-state index is 0.250. The molecular weight excluding hydrogens is 342 g/mol. The molecule has 4 rings (SSSR count). The van der Waals surface area contributed by atoms with Gasteiger partial charge in [0.25, 0.3) is 11.5 Å². The molecule has 1 aromatic carbocycles. The lowest BCUT2D eigenvalue weighted by Crippen LogP contribution is -2.25. The third-order valence-corrected chi connectivity index (χ3v) is 4.08. The van der Waals surface area contributed by atoms with Gasteiger partial charge in [0, 0.05) is 11.2 Å². The van der Waals surface area contributed by atoms with E-state index in [0.29, 0.717) is 32.9 Å². The number of aromatic nitrogens is 2. The van der Waals surface area contributed by atoms with Crippen LogP contribution in [0.2, 0.25) is 5.02 Å². The number of carbonyl (C=O) groups is 1. The van der Waals surface area contributed by atoms with Crippen LogP contribution in [0.1, 0.15) is 16.1 Å². The molecule has 0 fully saturated rings. The molecule has 25 heavy (non-hydrogen) atoms. The van der Waals surface area contributed by atoms with Crippen molar-refractivity contribution in [3.8, 4) is 0 Å². The number of rotatable bonds is 3. The van der Waals surface area contributed by atoms with Crippen molar-refractivity contribution in [2.45, 2.75) is 6.54 Å². The van der Waals surface area contributed by atoms with Gasteiger partial charge in [0.15, 0.2) is 5.65 Å². The maximum Gasteiger partial charge on any atom is 0.265 e. The minimum atomic E-state index is -0.338. The van der Waals surface area contributed by atoms with Crippen LogP contribution in [0.4, 0.5) is 0 Å². The molecule has 0 saturated carbocycles. The predicted molar refractivity (Wildman–Crippen MR) is 93.9 cm³/mol. The van der Waals surface area contributed by atoms with Gasteiger partial charge in [-0.05, 0) is 42.5 Å². The van der Waals surface area contributed by atoms with E-state index in [1.807, 2.05) is 0 Å². The molecule has 0 aliphatic carbocycles. The monoisotopic (exact) mass is 353 g/mol. The van der Waals surface area contributed by atoms with Crippen LogP contribution in [0.25, 0.3) is 16.6 Å². The number of hydrogen-bond acceptors (Lipinski definition) is 4. The summed E-state index contributed by atoms with van der Waals surface area (Å²) < 4.78 is 6.54. The van der Waals surface area contributed by atoms with E-state index in [4.69, 9.17) is 16.0 Å². The second-order valence-corrected chi connectivity index (χ2v) is 5.89. The summed E-state index contributed by atoms with van der Waals surface area (Å²) in [7, 11) is 0. The van der Waals surface area contributed by atoms with Crippen molar-refractivity contribution in [1.82, 2.24) is 14.7 Å². The van der Waals surface area contributed by atoms with Crippen molar-refractivity contribution in [3.63, 3.8) is 0 Å². The minimum Gasteiger partial charge on any atom is -0.467 e. The van der Waals surface area contributed by atoms with Crippen LogP contribution < -0.4 is 10.9 Å². The number of nitrogens with one attached hydrogen (secondary N) is 1. The highest BCUT2D eigenvalue weighted by molar-refractivity contribution is 6.31. The van der Waals surface area contributed by atoms with Crippen molar-refractivity contribution < 1.29 is 9.21 Å². The molecular formula is C18H12ClN3O3. The second kappa shape index (κ2) is 6.07. The van der Waals surface area contributed by atoms with Crippen molar-refractivity contribution in [2.24, 2.45) is 0 Å². The number of benzene rings is 1. The van der Waals surface area contributed by atoms with Gasteiger partial charge in [-0.25, -0.2) is 4.98 Å². The first-order valence-corrected chi connectivity index (χ1v) is 7.92. The van der Waals surface area contributed by atoms with Gasteiger partial charge in [-0.2, -0.15) is 0 Å². The lowest BCUT2D eigenvalue weighted by atomic mass is 10.2. The van der Waals surface area contributed by atoms with Gasteiger partial charge in [0.2, 0.25) is 0 Å². The van der Waals surface area contributed by atoms with Crippen LogP contribution in [-0.4, -0.2) is 15.3 Å². The normalized spacial score (nSPS) is 11.1. The van der Waals surface area contributed by atoms with Crippen LogP contribution in [0.5, 0.6) is 0 Å². The Morgan fingerprint density at radius 3 is 2.92 bits per heavy atom. The summed E-state index contributed by atoms with van der Waals surface area (Å²) in [5, 5.41) is 3.62. The summed E-state index contributed by atoms with van der Waals surface area (Å²) in [6.45, 7) is 0.250. The third-order valence-electron chi connectivity index (χ3n) is 3.85. The highest BCUT2D eigenvalue weighted by Gasteiger charge is 2.14. The van der Waals surface area contributed by atoms with Crippen molar-refractivity contribution >= 4 is 34.1 Å². The maximum atomic E-state index is 12.7. The van der Waals surface area contributed by atoms with Gasteiger partial charge in [0.1, 0.15) is 5.76 Å². The molecule has 124 valence electrons. The Bertz CT molecular complexity index is 1150. The number of amides is 1. The van der Waals surface area contributed by atoms with Gasteiger partial charge >= 0.3 is 0 Å². The van der Waals surface area contributed by atoms with Crippen LogP contribution in [0, 0.1) is 0 Å². The molecule has 7 heteroatoms. The Morgan fingerprint density at radius 2 is 2.12 bits per heavy atom. The second-order valence-electron chi connectivity index (χ2n) is 5.46. The first-order chi connectivity index (χ1) is 12.1. The van der Waals surface area contributed by atoms with E-state index >= 15 is 0 Å². The Balaban J connectivity index is 1.81. The molecule has 6 nitrogen and oxygen atoms in total. The smallest absolute Gasteiger partial charge is 0.265 e. The Morgan fingerprint density at radius 1 is 1.24 bits per heavy atom. The molecule has 0 aliphatic rings. The van der Waals surface area contributed by atoms with E-state index in [-0.39, 0.29) is 18.0 Å². The molecule has 0 unspecified atom stereocenters. The van der Waals surface area contributed by atoms with Gasteiger partial charge in [-0.15, -0.1) is 0 Å². The molecule has 0 radical (unpaired) electrons. The van der Waals surface area contributed by atoms with E-state index in [1.54, 1.807) is 48.7 Å². The predicted octanol–water partition coefficient (Wildman–Crippen LogP) is 3.02. The number of nitrogens with zero attached hydrogens (tertiary/aromatic N) is 2. The molecule has 0 aliphatic heterocycles. The quantitative estimate of drug-likeness (QED) is 0.574. The fraction of sp³-hybridized carbons (Fsp3) is 0.0556. The molecule has 0 saturated heterocycles. The van der Waals surface area contributed by atoms with E-state index in [0.717, 1.165) is 0 Å². The molecule has 3 heterocycles. The summed E-state index contributed by atoms with van der Waals surface area (Å²) in [5.41, 5.74) is 0.811. The number of hydrogen-bond donors (Lipinski definition) is 1. The fourth-order valence-corrected chi connectivity index (χ4v) is 2.82. The molecule has 0 spiro atoms. The van der Waals surface area contributed by atoms with Gasteiger partial charge in [0.05, 0.1) is 29.3 Å². The highest BCUT2D eigenvalue weighted by atomic mass is 35.5. The SMILES string of the molecule is O=C(NCc1ccco1)c1cccn2c(=O)c3cc(Cl)ccc3nc12. The standard InChI is InChI=1S/C18H12ClN3O3/c19-11-5-6-15-14(9-11)18(24)22-7-1-4-13(16(22)21-15)17(23)20-10-12-3-2-8-25-12/h1-9H,10H2,(H,20,23). The highest BCUT2D eigenvalue weighted by Crippen LogP contribution is 2.17. The zero-order valence-electron chi connectivity index (χ0n) is 12.9. The van der Waals surface area contributed by atoms with Crippen LogP contribution in [0.15, 0.2) is 64.1 Å². The lowest BCUT2D eigenvalue weighted by molar-refractivity contribution is 0.0949. The summed E-state index contributed by atoms with van der Waals surface area (Å²) in [4.78, 5) is 29.7. The summed E-state index contributed by atoms with van der Waals surface area (Å²) in [6.07, 6.45) is 3.12. The van der Waals surface area contributed by atoms with E-state index in [9.17, 15) is 9.59 Å². The number of fused-ring (bicyclic) bond motifs is 2. The Labute approximate surface area is 146 Å². The topological polar surface area (TPSA) is 76.6 Å². The fourth-order valence-electron chi connectivity index (χ4n) is 2.65. The number of carbonyl (C=O) groups excluding carboxylic acids is 1. The maximum absolute atomic E-state index is 12.7. The Kier molecular flexibility index (Phi) is 3.74. The molecule has 0 atom stereocenters. The lowest BCUT2D eigenvalue weighted by Gasteiger charge is -2.09. The van der Waals surface area contributed by atoms with E-state index in [1.165, 1.54) is 10.7 Å². The van der Waals surface area contributed by atoms with Crippen molar-refractivity contribution in [3.05, 3.63) is 81.6 Å². The van der Waals surface area contributed by atoms with E-state index in [2.05, 4.69) is 10.3 Å². The Hall–Kier alpha value is -3.12. The summed E-state index contributed by atoms with van der Waals surface area (Å²) in [5.74, 6) is 0.300. The molecule has 0 bridgehead atoms. The largest absolute Gasteiger partial charge is 0.467 e. The van der Waals surface area contributed by atoms with Crippen LogP contribution in [0.3, 0.4) is 0 Å². The van der Waals surface area contributed by atoms with Crippen molar-refractivity contribution in [1.29, 1.82) is 0 Å². The summed E-state index contributed by atoms with van der Waals surface area (Å²) in [6, 6.07) is 11.7. The van der Waals surface area contributed by atoms with Gasteiger partial charge in [-0.1, -0.05) is 11.6 Å². The average Bonchev–Trinajstić information content (AvgIpc) is 3.14. The third kappa shape index (κ3) is 2.77. The molecule has 1 N–H and O–H groups in total. The van der Waals surface area contributed by atoms with Gasteiger partial charge in [-0.3, -0.25) is 14.0 Å². The van der Waals surface area contributed by atoms with Crippen LogP contribution >= 0.6 is 11.6 Å². The van der Waals surface area contributed by atoms with Crippen LogP contribution in [-0.2, 0) is 6.54 Å². The molecule has 3 aromatic heterocycles. The van der Waals surface area contributed by atoms with E-state index < -0.39 is 0 Å². The zero-order chi connectivity index (χ0) is 17.4.